The van der Waals surface area contributed by atoms with E-state index in [0.29, 0.717) is 38.0 Å². The van der Waals surface area contributed by atoms with Crippen LogP contribution in [0.4, 0.5) is 0 Å². The number of ether oxygens (including phenoxy) is 1. The summed E-state index contributed by atoms with van der Waals surface area (Å²) in [6.07, 6.45) is 2.85. The Morgan fingerprint density at radius 1 is 1.58 bits per heavy atom. The van der Waals surface area contributed by atoms with Gasteiger partial charge in [0.15, 0.2) is 0 Å². The largest absolute Gasteiger partial charge is 0.394 e. The monoisotopic (exact) mass is 270 g/mol. The number of rotatable bonds is 4. The van der Waals surface area contributed by atoms with Crippen molar-refractivity contribution >= 4 is 5.91 Å². The molecule has 0 aliphatic carbocycles. The molecule has 2 aliphatic heterocycles. The van der Waals surface area contributed by atoms with Gasteiger partial charge in [-0.3, -0.25) is 4.79 Å². The standard InChI is InChI=1S/C14H26N2O3/c1-11(12-3-2-4-15-8-12)7-14(18)16-5-6-19-13(9-16)10-17/h11-13,15,17H,2-10H2,1H3. The molecule has 2 rings (SSSR count). The second-order valence-corrected chi connectivity index (χ2v) is 5.80. The molecule has 2 fully saturated rings. The van der Waals surface area contributed by atoms with E-state index < -0.39 is 0 Å². The number of hydrogen-bond donors (Lipinski definition) is 2. The Morgan fingerprint density at radius 3 is 3.11 bits per heavy atom. The summed E-state index contributed by atoms with van der Waals surface area (Å²) >= 11 is 0. The zero-order chi connectivity index (χ0) is 13.7. The summed E-state index contributed by atoms with van der Waals surface area (Å²) < 4.78 is 5.37. The average molecular weight is 270 g/mol. The van der Waals surface area contributed by atoms with Crippen molar-refractivity contribution < 1.29 is 14.6 Å². The molecular weight excluding hydrogens is 244 g/mol. The van der Waals surface area contributed by atoms with Gasteiger partial charge in [0, 0.05) is 19.5 Å². The van der Waals surface area contributed by atoms with Crippen LogP contribution in [0.5, 0.6) is 0 Å². The minimum absolute atomic E-state index is 0.00806. The number of hydrogen-bond acceptors (Lipinski definition) is 4. The number of nitrogens with zero attached hydrogens (tertiary/aromatic N) is 1. The number of aliphatic hydroxyl groups excluding tert-OH is 1. The number of nitrogens with one attached hydrogen (secondary N) is 1. The van der Waals surface area contributed by atoms with E-state index in [1.54, 1.807) is 0 Å². The molecule has 0 spiro atoms. The van der Waals surface area contributed by atoms with E-state index in [9.17, 15) is 4.79 Å². The fraction of sp³-hybridized carbons (Fsp3) is 0.929. The highest BCUT2D eigenvalue weighted by Gasteiger charge is 2.27. The van der Waals surface area contributed by atoms with Crippen molar-refractivity contribution in [2.24, 2.45) is 11.8 Å². The van der Waals surface area contributed by atoms with E-state index >= 15 is 0 Å². The van der Waals surface area contributed by atoms with Crippen LogP contribution >= 0.6 is 0 Å². The Labute approximate surface area is 115 Å². The highest BCUT2D eigenvalue weighted by atomic mass is 16.5. The molecule has 0 bridgehead atoms. The Kier molecular flexibility index (Phi) is 5.60. The molecule has 19 heavy (non-hydrogen) atoms. The Balaban J connectivity index is 1.79. The molecule has 2 N–H and O–H groups in total. The number of aliphatic hydroxyl groups is 1. The second-order valence-electron chi connectivity index (χ2n) is 5.80. The van der Waals surface area contributed by atoms with Crippen LogP contribution in [0.25, 0.3) is 0 Å². The zero-order valence-corrected chi connectivity index (χ0v) is 11.8. The van der Waals surface area contributed by atoms with Crippen LogP contribution in [0.1, 0.15) is 26.2 Å². The third kappa shape index (κ3) is 4.16. The van der Waals surface area contributed by atoms with Crippen molar-refractivity contribution in [1.29, 1.82) is 0 Å². The predicted octanol–water partition coefficient (Wildman–Crippen LogP) is 0.232. The van der Waals surface area contributed by atoms with Gasteiger partial charge in [0.1, 0.15) is 0 Å². The summed E-state index contributed by atoms with van der Waals surface area (Å²) in [5.74, 6) is 1.25. The van der Waals surface area contributed by atoms with E-state index in [0.717, 1.165) is 13.1 Å². The number of carbonyl (C=O) groups is 1. The normalized spacial score (nSPS) is 30.1. The molecule has 2 heterocycles. The van der Waals surface area contributed by atoms with Gasteiger partial charge in [-0.15, -0.1) is 0 Å². The van der Waals surface area contributed by atoms with Crippen LogP contribution in [0.3, 0.4) is 0 Å². The molecule has 0 aromatic rings. The lowest BCUT2D eigenvalue weighted by molar-refractivity contribution is -0.141. The molecule has 0 aromatic carbocycles. The molecule has 3 unspecified atom stereocenters. The van der Waals surface area contributed by atoms with Crippen LogP contribution in [-0.2, 0) is 9.53 Å². The van der Waals surface area contributed by atoms with Gasteiger partial charge in [0.25, 0.3) is 0 Å². The smallest absolute Gasteiger partial charge is 0.223 e. The lowest BCUT2D eigenvalue weighted by Crippen LogP contribution is -2.47. The van der Waals surface area contributed by atoms with Crippen LogP contribution in [0.2, 0.25) is 0 Å². The fourth-order valence-corrected chi connectivity index (χ4v) is 2.99. The van der Waals surface area contributed by atoms with E-state index in [1.165, 1.54) is 12.8 Å². The predicted molar refractivity (Wildman–Crippen MR) is 72.8 cm³/mol. The van der Waals surface area contributed by atoms with Crippen LogP contribution < -0.4 is 5.32 Å². The minimum Gasteiger partial charge on any atom is -0.394 e. The Morgan fingerprint density at radius 2 is 2.42 bits per heavy atom. The van der Waals surface area contributed by atoms with Crippen molar-refractivity contribution in [1.82, 2.24) is 10.2 Å². The summed E-state index contributed by atoms with van der Waals surface area (Å²) in [6, 6.07) is 0. The molecular formula is C14H26N2O3. The number of piperidine rings is 1. The summed E-state index contributed by atoms with van der Waals surface area (Å²) in [4.78, 5) is 14.1. The maximum Gasteiger partial charge on any atom is 0.223 e. The molecule has 3 atom stereocenters. The van der Waals surface area contributed by atoms with Gasteiger partial charge in [-0.25, -0.2) is 0 Å². The first-order chi connectivity index (χ1) is 9.20. The molecule has 110 valence electrons. The van der Waals surface area contributed by atoms with Crippen molar-refractivity contribution in [3.8, 4) is 0 Å². The van der Waals surface area contributed by atoms with E-state index in [-0.39, 0.29) is 18.6 Å². The SMILES string of the molecule is CC(CC(=O)N1CCOC(CO)C1)C1CCCNC1. The molecule has 2 aliphatic rings. The van der Waals surface area contributed by atoms with Crippen LogP contribution in [0.15, 0.2) is 0 Å². The minimum atomic E-state index is -0.204. The number of amides is 1. The first kappa shape index (κ1) is 14.8. The Hall–Kier alpha value is -0.650. The van der Waals surface area contributed by atoms with Crippen molar-refractivity contribution in [3.63, 3.8) is 0 Å². The van der Waals surface area contributed by atoms with E-state index in [1.807, 2.05) is 4.90 Å². The molecule has 5 heteroatoms. The first-order valence-electron chi connectivity index (χ1n) is 7.41. The molecule has 0 radical (unpaired) electrons. The van der Waals surface area contributed by atoms with Crippen LogP contribution in [-0.4, -0.2) is 61.4 Å². The molecule has 5 nitrogen and oxygen atoms in total. The van der Waals surface area contributed by atoms with Gasteiger partial charge < -0.3 is 20.1 Å². The summed E-state index contributed by atoms with van der Waals surface area (Å²) in [5.41, 5.74) is 0. The number of morpholine rings is 1. The maximum atomic E-state index is 12.3. The lowest BCUT2D eigenvalue weighted by Gasteiger charge is -2.34. The van der Waals surface area contributed by atoms with Gasteiger partial charge in [-0.2, -0.15) is 0 Å². The van der Waals surface area contributed by atoms with E-state index in [2.05, 4.69) is 12.2 Å². The second kappa shape index (κ2) is 7.22. The maximum absolute atomic E-state index is 12.3. The van der Waals surface area contributed by atoms with E-state index in [4.69, 9.17) is 9.84 Å². The van der Waals surface area contributed by atoms with Gasteiger partial charge in [-0.05, 0) is 37.8 Å². The highest BCUT2D eigenvalue weighted by molar-refractivity contribution is 5.76. The quantitative estimate of drug-likeness (QED) is 0.768. The molecule has 1 amide bonds. The topological polar surface area (TPSA) is 61.8 Å². The zero-order valence-electron chi connectivity index (χ0n) is 11.8. The summed E-state index contributed by atoms with van der Waals surface area (Å²) in [7, 11) is 0. The average Bonchev–Trinajstić information content (AvgIpc) is 2.48. The lowest BCUT2D eigenvalue weighted by atomic mass is 9.85. The van der Waals surface area contributed by atoms with Gasteiger partial charge in [-0.1, -0.05) is 6.92 Å². The fourth-order valence-electron chi connectivity index (χ4n) is 2.99. The number of carbonyl (C=O) groups excluding carboxylic acids is 1. The molecule has 0 aromatic heterocycles. The third-order valence-corrected chi connectivity index (χ3v) is 4.33. The van der Waals surface area contributed by atoms with Gasteiger partial charge >= 0.3 is 0 Å². The van der Waals surface area contributed by atoms with Crippen molar-refractivity contribution in [2.75, 3.05) is 39.4 Å². The summed E-state index contributed by atoms with van der Waals surface area (Å²) in [6.45, 7) is 6.05. The first-order valence-corrected chi connectivity index (χ1v) is 7.41. The van der Waals surface area contributed by atoms with Gasteiger partial charge in [0.05, 0.1) is 19.3 Å². The Bertz CT molecular complexity index is 292. The van der Waals surface area contributed by atoms with Crippen molar-refractivity contribution in [3.05, 3.63) is 0 Å². The molecule has 2 saturated heterocycles. The third-order valence-electron chi connectivity index (χ3n) is 4.33. The van der Waals surface area contributed by atoms with Crippen molar-refractivity contribution in [2.45, 2.75) is 32.3 Å². The molecule has 0 saturated carbocycles. The highest BCUT2D eigenvalue weighted by Crippen LogP contribution is 2.23. The van der Waals surface area contributed by atoms with Crippen LogP contribution in [0, 0.1) is 11.8 Å². The van der Waals surface area contributed by atoms with Gasteiger partial charge in [0.2, 0.25) is 5.91 Å². The summed E-state index contributed by atoms with van der Waals surface area (Å²) in [5, 5.41) is 12.5.